The van der Waals surface area contributed by atoms with Crippen molar-refractivity contribution in [2.75, 3.05) is 45.8 Å². The van der Waals surface area contributed by atoms with Gasteiger partial charge in [-0.2, -0.15) is 0 Å². The van der Waals surface area contributed by atoms with Crippen molar-refractivity contribution in [2.45, 2.75) is 32.2 Å². The summed E-state index contributed by atoms with van der Waals surface area (Å²) >= 11 is 2.45. The van der Waals surface area contributed by atoms with Crippen LogP contribution in [0.3, 0.4) is 0 Å². The standard InChI is InChI=1S/C12H24IN3/c1-2-3-5-14-6-4-12(11-14)15-7-9-16(13)10-8-15/h12H,2-11H2,1H3. The highest BCUT2D eigenvalue weighted by atomic mass is 127. The predicted molar refractivity (Wildman–Crippen MR) is 76.9 cm³/mol. The van der Waals surface area contributed by atoms with Crippen molar-refractivity contribution < 1.29 is 0 Å². The zero-order valence-electron chi connectivity index (χ0n) is 10.4. The van der Waals surface area contributed by atoms with Gasteiger partial charge < -0.3 is 4.90 Å². The molecule has 1 unspecified atom stereocenters. The summed E-state index contributed by atoms with van der Waals surface area (Å²) in [5.74, 6) is 0. The maximum absolute atomic E-state index is 2.71. The maximum atomic E-state index is 2.71. The van der Waals surface area contributed by atoms with E-state index in [2.05, 4.69) is 42.7 Å². The Bertz CT molecular complexity index is 204. The average molecular weight is 337 g/mol. The Hall–Kier alpha value is 0.610. The highest BCUT2D eigenvalue weighted by Gasteiger charge is 2.28. The second-order valence-electron chi connectivity index (χ2n) is 5.04. The summed E-state index contributed by atoms with van der Waals surface area (Å²) in [6, 6.07) is 0.849. The molecule has 0 aromatic carbocycles. The van der Waals surface area contributed by atoms with Gasteiger partial charge in [-0.3, -0.25) is 4.90 Å². The van der Waals surface area contributed by atoms with Crippen LogP contribution in [0.25, 0.3) is 0 Å². The van der Waals surface area contributed by atoms with Gasteiger partial charge in [-0.15, -0.1) is 0 Å². The fourth-order valence-electron chi connectivity index (χ4n) is 2.76. The smallest absolute Gasteiger partial charge is 0.0236 e. The third-order valence-corrected chi connectivity index (χ3v) is 4.82. The van der Waals surface area contributed by atoms with E-state index in [1.54, 1.807) is 0 Å². The van der Waals surface area contributed by atoms with E-state index in [4.69, 9.17) is 0 Å². The predicted octanol–water partition coefficient (Wildman–Crippen LogP) is 1.83. The minimum atomic E-state index is 0.849. The molecule has 0 aromatic rings. The topological polar surface area (TPSA) is 9.72 Å². The maximum Gasteiger partial charge on any atom is 0.0236 e. The van der Waals surface area contributed by atoms with Gasteiger partial charge >= 0.3 is 0 Å². The van der Waals surface area contributed by atoms with Crippen molar-refractivity contribution >= 4 is 22.9 Å². The van der Waals surface area contributed by atoms with E-state index in [1.807, 2.05) is 0 Å². The summed E-state index contributed by atoms with van der Waals surface area (Å²) in [6.07, 6.45) is 4.09. The lowest BCUT2D eigenvalue weighted by atomic mass is 10.2. The second-order valence-corrected chi connectivity index (χ2v) is 6.41. The Morgan fingerprint density at radius 1 is 1.12 bits per heavy atom. The first-order chi connectivity index (χ1) is 7.79. The van der Waals surface area contributed by atoms with Crippen molar-refractivity contribution in [1.29, 1.82) is 0 Å². The number of nitrogens with zero attached hydrogens (tertiary/aromatic N) is 3. The molecule has 2 fully saturated rings. The number of likely N-dealkylation sites (tertiary alicyclic amines) is 1. The molecule has 2 heterocycles. The van der Waals surface area contributed by atoms with Crippen molar-refractivity contribution in [3.05, 3.63) is 0 Å². The SMILES string of the molecule is CCCCN1CCC(N2CCN(I)CC2)C1. The Morgan fingerprint density at radius 2 is 1.88 bits per heavy atom. The number of halogens is 1. The van der Waals surface area contributed by atoms with Crippen LogP contribution in [0.2, 0.25) is 0 Å². The van der Waals surface area contributed by atoms with Gasteiger partial charge in [0, 0.05) is 61.6 Å². The molecule has 0 spiro atoms. The molecule has 0 saturated carbocycles. The lowest BCUT2D eigenvalue weighted by Crippen LogP contribution is -2.48. The summed E-state index contributed by atoms with van der Waals surface area (Å²) in [7, 11) is 0. The Morgan fingerprint density at radius 3 is 2.56 bits per heavy atom. The lowest BCUT2D eigenvalue weighted by molar-refractivity contribution is 0.148. The molecular weight excluding hydrogens is 313 g/mol. The molecule has 0 N–H and O–H groups in total. The van der Waals surface area contributed by atoms with E-state index >= 15 is 0 Å². The molecule has 2 aliphatic rings. The van der Waals surface area contributed by atoms with Crippen molar-refractivity contribution in [3.63, 3.8) is 0 Å². The van der Waals surface area contributed by atoms with Crippen LogP contribution in [0.1, 0.15) is 26.2 Å². The molecule has 94 valence electrons. The Labute approximate surface area is 114 Å². The van der Waals surface area contributed by atoms with Gasteiger partial charge in [-0.1, -0.05) is 13.3 Å². The number of piperazine rings is 1. The van der Waals surface area contributed by atoms with Gasteiger partial charge in [0.1, 0.15) is 0 Å². The van der Waals surface area contributed by atoms with Crippen LogP contribution >= 0.6 is 22.9 Å². The Balaban J connectivity index is 1.71. The average Bonchev–Trinajstić information content (AvgIpc) is 2.76. The first kappa shape index (κ1) is 13.1. The van der Waals surface area contributed by atoms with Crippen molar-refractivity contribution in [3.8, 4) is 0 Å². The number of unbranched alkanes of at least 4 members (excludes halogenated alkanes) is 1. The number of rotatable bonds is 4. The van der Waals surface area contributed by atoms with Crippen LogP contribution in [-0.2, 0) is 0 Å². The van der Waals surface area contributed by atoms with Gasteiger partial charge in [0.05, 0.1) is 0 Å². The largest absolute Gasteiger partial charge is 0.302 e. The van der Waals surface area contributed by atoms with Crippen LogP contribution < -0.4 is 0 Å². The zero-order chi connectivity index (χ0) is 11.4. The summed E-state index contributed by atoms with van der Waals surface area (Å²) in [4.78, 5) is 5.37. The van der Waals surface area contributed by atoms with Gasteiger partial charge in [-0.05, 0) is 25.9 Å². The van der Waals surface area contributed by atoms with Crippen molar-refractivity contribution in [2.24, 2.45) is 0 Å². The quantitative estimate of drug-likeness (QED) is 0.572. The first-order valence-electron chi connectivity index (χ1n) is 6.66. The highest BCUT2D eigenvalue weighted by Crippen LogP contribution is 2.18. The molecule has 2 rings (SSSR count). The van der Waals surface area contributed by atoms with E-state index in [0.29, 0.717) is 0 Å². The van der Waals surface area contributed by atoms with Crippen LogP contribution in [-0.4, -0.2) is 64.8 Å². The van der Waals surface area contributed by atoms with Gasteiger partial charge in [0.15, 0.2) is 0 Å². The molecule has 0 aliphatic carbocycles. The zero-order valence-corrected chi connectivity index (χ0v) is 12.5. The number of hydrogen-bond acceptors (Lipinski definition) is 3. The summed E-state index contributed by atoms with van der Waals surface area (Å²) in [5, 5.41) is 0. The van der Waals surface area contributed by atoms with E-state index in [0.717, 1.165) is 6.04 Å². The molecule has 0 bridgehead atoms. The summed E-state index contributed by atoms with van der Waals surface area (Å²) < 4.78 is 2.41. The lowest BCUT2D eigenvalue weighted by Gasteiger charge is -2.35. The fraction of sp³-hybridized carbons (Fsp3) is 1.00. The van der Waals surface area contributed by atoms with Crippen molar-refractivity contribution in [1.82, 2.24) is 12.9 Å². The molecule has 2 saturated heterocycles. The normalized spacial score (nSPS) is 30.0. The van der Waals surface area contributed by atoms with E-state index in [9.17, 15) is 0 Å². The van der Waals surface area contributed by atoms with Crippen LogP contribution in [0.15, 0.2) is 0 Å². The molecule has 2 aliphatic heterocycles. The van der Waals surface area contributed by atoms with Crippen LogP contribution in [0.5, 0.6) is 0 Å². The molecule has 1 atom stereocenters. The van der Waals surface area contributed by atoms with E-state index in [-0.39, 0.29) is 0 Å². The molecule has 4 heteroatoms. The van der Waals surface area contributed by atoms with Crippen LogP contribution in [0.4, 0.5) is 0 Å². The fourth-order valence-corrected chi connectivity index (χ4v) is 3.19. The summed E-state index contributed by atoms with van der Waals surface area (Å²) in [6.45, 7) is 11.3. The third-order valence-electron chi connectivity index (χ3n) is 3.85. The minimum absolute atomic E-state index is 0.849. The second kappa shape index (κ2) is 6.52. The first-order valence-corrected chi connectivity index (χ1v) is 7.63. The number of hydrogen-bond donors (Lipinski definition) is 0. The van der Waals surface area contributed by atoms with Gasteiger partial charge in [-0.25, -0.2) is 3.11 Å². The molecular formula is C12H24IN3. The van der Waals surface area contributed by atoms with Crippen LogP contribution in [0, 0.1) is 0 Å². The molecule has 0 amide bonds. The Kier molecular flexibility index (Phi) is 5.32. The summed E-state index contributed by atoms with van der Waals surface area (Å²) in [5.41, 5.74) is 0. The molecule has 0 aromatic heterocycles. The minimum Gasteiger partial charge on any atom is -0.302 e. The van der Waals surface area contributed by atoms with E-state index < -0.39 is 0 Å². The highest BCUT2D eigenvalue weighted by molar-refractivity contribution is 14.1. The molecule has 3 nitrogen and oxygen atoms in total. The van der Waals surface area contributed by atoms with Gasteiger partial charge in [0.25, 0.3) is 0 Å². The molecule has 0 radical (unpaired) electrons. The van der Waals surface area contributed by atoms with E-state index in [1.165, 1.54) is 65.1 Å². The third kappa shape index (κ3) is 3.55. The molecule has 16 heavy (non-hydrogen) atoms. The van der Waals surface area contributed by atoms with Gasteiger partial charge in [0.2, 0.25) is 0 Å². The monoisotopic (exact) mass is 337 g/mol.